The molecule has 0 heterocycles. The lowest BCUT2D eigenvalue weighted by Crippen LogP contribution is -2.15. The van der Waals surface area contributed by atoms with Crippen molar-refractivity contribution in [3.05, 3.63) is 11.8 Å². The highest BCUT2D eigenvalue weighted by Gasteiger charge is 2.00. The first kappa shape index (κ1) is 9.62. The van der Waals surface area contributed by atoms with Gasteiger partial charge in [-0.15, -0.1) is 0 Å². The first-order valence-corrected chi connectivity index (χ1v) is 2.93. The first-order valence-electron chi connectivity index (χ1n) is 2.55. The predicted molar refractivity (Wildman–Crippen MR) is 43.1 cm³/mol. The number of hydrogen-bond acceptors (Lipinski definition) is 4. The van der Waals surface area contributed by atoms with Gasteiger partial charge < -0.3 is 5.43 Å². The highest BCUT2D eigenvalue weighted by Crippen LogP contribution is 1.98. The molecule has 0 fully saturated rings. The molecule has 0 amide bonds. The van der Waals surface area contributed by atoms with E-state index >= 15 is 0 Å². The summed E-state index contributed by atoms with van der Waals surface area (Å²) < 4.78 is 0. The number of allylic oxidation sites excluding steroid dienone is 1. The third kappa shape index (κ3) is 3.35. The molecule has 0 aromatic carbocycles. The third-order valence-electron chi connectivity index (χ3n) is 0.748. The van der Waals surface area contributed by atoms with E-state index < -0.39 is 0 Å². The van der Waals surface area contributed by atoms with Gasteiger partial charge >= 0.3 is 0 Å². The maximum atomic E-state index is 8.40. The maximum Gasteiger partial charge on any atom is 0.150 e. The zero-order valence-electron chi connectivity index (χ0n) is 5.50. The van der Waals surface area contributed by atoms with Crippen LogP contribution in [0.5, 0.6) is 0 Å². The zero-order valence-corrected chi connectivity index (χ0v) is 6.26. The van der Waals surface area contributed by atoms with Crippen molar-refractivity contribution in [3.8, 4) is 6.07 Å². The Morgan fingerprint density at radius 3 is 2.82 bits per heavy atom. The Bertz CT molecular complexity index is 236. The Balaban J connectivity index is 4.54. The number of aliphatic imine (C=N–C) groups is 1. The Labute approximate surface area is 68.6 Å². The molecule has 58 valence electrons. The second-order valence-electron chi connectivity index (χ2n) is 1.39. The number of hydrogen-bond donors (Lipinski definition) is 3. The number of nitrogens with one attached hydrogen (secondary N) is 2. The molecule has 0 saturated carbocycles. The minimum Gasteiger partial charge on any atom is -0.330 e. The van der Waals surface area contributed by atoms with Crippen LogP contribution in [0.4, 0.5) is 0 Å². The molecule has 6 heteroatoms. The summed E-state index contributed by atoms with van der Waals surface area (Å²) in [7, 11) is 0. The summed E-state index contributed by atoms with van der Waals surface area (Å²) in [6.07, 6.45) is 1.93. The molecule has 0 radical (unpaired) electrons. The van der Waals surface area contributed by atoms with Crippen molar-refractivity contribution in [3.63, 3.8) is 0 Å². The zero-order chi connectivity index (χ0) is 8.69. The van der Waals surface area contributed by atoms with Gasteiger partial charge in [-0.1, -0.05) is 11.6 Å². The number of nitrogens with two attached hydrogens (primary N) is 1. The molecule has 11 heavy (non-hydrogen) atoms. The minimum atomic E-state index is -0.0690. The molecule has 0 aliphatic heterocycles. The van der Waals surface area contributed by atoms with Crippen molar-refractivity contribution in [1.82, 2.24) is 5.43 Å². The molecular weight excluding hydrogens is 166 g/mol. The smallest absolute Gasteiger partial charge is 0.150 e. The van der Waals surface area contributed by atoms with Crippen LogP contribution in [-0.2, 0) is 0 Å². The van der Waals surface area contributed by atoms with Gasteiger partial charge in [-0.2, -0.15) is 5.26 Å². The van der Waals surface area contributed by atoms with Gasteiger partial charge in [-0.25, -0.2) is 4.99 Å². The Morgan fingerprint density at radius 1 is 1.82 bits per heavy atom. The molecule has 0 saturated heterocycles. The van der Waals surface area contributed by atoms with Crippen LogP contribution < -0.4 is 11.3 Å². The van der Waals surface area contributed by atoms with Gasteiger partial charge in [-0.05, 0) is 0 Å². The Hall–Kier alpha value is -1.38. The minimum absolute atomic E-state index is 0.0690. The van der Waals surface area contributed by atoms with Gasteiger partial charge in [0, 0.05) is 6.20 Å². The molecule has 0 atom stereocenters. The molecule has 5 nitrogen and oxygen atoms in total. The number of rotatable bonds is 3. The van der Waals surface area contributed by atoms with Crippen LogP contribution in [0.15, 0.2) is 16.8 Å². The van der Waals surface area contributed by atoms with Crippen LogP contribution in [0.3, 0.4) is 0 Å². The van der Waals surface area contributed by atoms with E-state index in [0.29, 0.717) is 0 Å². The molecule has 0 unspecified atom stereocenters. The van der Waals surface area contributed by atoms with Gasteiger partial charge in [0.15, 0.2) is 0 Å². The summed E-state index contributed by atoms with van der Waals surface area (Å²) in [5.41, 5.74) is 2.21. The summed E-state index contributed by atoms with van der Waals surface area (Å²) >= 11 is 5.44. The van der Waals surface area contributed by atoms with Crippen LogP contribution in [0.1, 0.15) is 0 Å². The maximum absolute atomic E-state index is 8.40. The monoisotopic (exact) mass is 171 g/mol. The molecule has 0 aliphatic rings. The fourth-order valence-corrected chi connectivity index (χ4v) is 0.493. The van der Waals surface area contributed by atoms with Gasteiger partial charge in [0.2, 0.25) is 0 Å². The van der Waals surface area contributed by atoms with E-state index in [1.54, 1.807) is 6.07 Å². The summed E-state index contributed by atoms with van der Waals surface area (Å²) in [6.45, 7) is 0. The summed E-state index contributed by atoms with van der Waals surface area (Å²) in [4.78, 5) is 3.35. The molecule has 0 aliphatic carbocycles. The van der Waals surface area contributed by atoms with Gasteiger partial charge in [0.05, 0.1) is 0 Å². The van der Waals surface area contributed by atoms with Crippen LogP contribution in [-0.4, -0.2) is 11.5 Å². The fraction of sp³-hybridized carbons (Fsp3) is 0. The van der Waals surface area contributed by atoms with Crippen molar-refractivity contribution < 1.29 is 0 Å². The second kappa shape index (κ2) is 5.41. The Kier molecular flexibility index (Phi) is 4.73. The van der Waals surface area contributed by atoms with Crippen LogP contribution in [0, 0.1) is 16.7 Å². The molecule has 0 aromatic heterocycles. The van der Waals surface area contributed by atoms with Crippen LogP contribution in [0.25, 0.3) is 0 Å². The number of nitrogens with zero attached hydrogens (tertiary/aromatic N) is 2. The van der Waals surface area contributed by atoms with E-state index in [-0.39, 0.29) is 10.7 Å². The van der Waals surface area contributed by atoms with Gasteiger partial charge in [0.1, 0.15) is 23.2 Å². The van der Waals surface area contributed by atoms with E-state index in [0.717, 1.165) is 6.34 Å². The van der Waals surface area contributed by atoms with Crippen molar-refractivity contribution in [2.75, 3.05) is 0 Å². The van der Waals surface area contributed by atoms with E-state index in [1.165, 1.54) is 6.20 Å². The van der Waals surface area contributed by atoms with Crippen molar-refractivity contribution >= 4 is 23.1 Å². The quantitative estimate of drug-likeness (QED) is 0.185. The van der Waals surface area contributed by atoms with Crippen LogP contribution in [0.2, 0.25) is 0 Å². The largest absolute Gasteiger partial charge is 0.330 e. The topological polar surface area (TPSA) is 98.1 Å². The summed E-state index contributed by atoms with van der Waals surface area (Å²) in [6, 6.07) is 1.74. The molecule has 0 aromatic rings. The van der Waals surface area contributed by atoms with Crippen molar-refractivity contribution in [2.45, 2.75) is 0 Å². The molecule has 4 N–H and O–H groups in total. The van der Waals surface area contributed by atoms with E-state index in [1.807, 2.05) is 0 Å². The lowest BCUT2D eigenvalue weighted by atomic mass is 10.3. The molecular formula is C5H6ClN5. The first-order chi connectivity index (χ1) is 5.26. The fourth-order valence-electron chi connectivity index (χ4n) is 0.348. The molecule has 0 spiro atoms. The van der Waals surface area contributed by atoms with E-state index in [9.17, 15) is 0 Å². The second-order valence-corrected chi connectivity index (χ2v) is 1.74. The average molecular weight is 172 g/mol. The normalized spacial score (nSPS) is 12.1. The van der Waals surface area contributed by atoms with Crippen molar-refractivity contribution in [1.29, 1.82) is 10.7 Å². The molecule has 0 rings (SSSR count). The van der Waals surface area contributed by atoms with Crippen molar-refractivity contribution in [2.24, 2.45) is 10.8 Å². The predicted octanol–water partition coefficient (Wildman–Crippen LogP) is 0.102. The number of nitriles is 1. The third-order valence-corrected chi connectivity index (χ3v) is 1.05. The van der Waals surface area contributed by atoms with Crippen LogP contribution >= 0.6 is 11.6 Å². The average Bonchev–Trinajstić information content (AvgIpc) is 2.00. The standard InChI is InChI=1S/C5H6ClN5/c6-5(10-3-8)4(1-7)2-11-9/h2-3,8,11H,9H2. The van der Waals surface area contributed by atoms with Gasteiger partial charge in [0.25, 0.3) is 0 Å². The highest BCUT2D eigenvalue weighted by atomic mass is 35.5. The van der Waals surface area contributed by atoms with E-state index in [2.05, 4.69) is 10.4 Å². The highest BCUT2D eigenvalue weighted by molar-refractivity contribution is 6.70. The number of halogens is 1. The SMILES string of the molecule is N#CC(=CNN)C(Cl)=NC=N. The number of hydrazine groups is 1. The summed E-state index contributed by atoms with van der Waals surface area (Å²) in [5.74, 6) is 4.89. The molecule has 0 bridgehead atoms. The van der Waals surface area contributed by atoms with Gasteiger partial charge in [-0.3, -0.25) is 11.3 Å². The Morgan fingerprint density at radius 2 is 2.45 bits per heavy atom. The lowest BCUT2D eigenvalue weighted by Gasteiger charge is -1.91. The van der Waals surface area contributed by atoms with E-state index in [4.69, 9.17) is 28.1 Å². The lowest BCUT2D eigenvalue weighted by molar-refractivity contribution is 0.964. The summed E-state index contributed by atoms with van der Waals surface area (Å²) in [5, 5.41) is 14.9.